The number of nitrogens with one attached hydrogen (secondary N) is 1. The number of aromatic nitrogens is 3. The van der Waals surface area contributed by atoms with E-state index in [1.807, 2.05) is 71.3 Å². The number of para-hydroxylation sites is 2. The molecular formula is C26H21N5O3S. The van der Waals surface area contributed by atoms with Crippen molar-refractivity contribution in [3.05, 3.63) is 90.5 Å². The first-order chi connectivity index (χ1) is 17.1. The van der Waals surface area contributed by atoms with Gasteiger partial charge in [0, 0.05) is 11.3 Å². The summed E-state index contributed by atoms with van der Waals surface area (Å²) < 4.78 is 7.18. The molecule has 4 rings (SSSR count). The van der Waals surface area contributed by atoms with Gasteiger partial charge in [0.1, 0.15) is 6.07 Å². The normalized spacial score (nSPS) is 11.3. The van der Waals surface area contributed by atoms with Crippen LogP contribution in [-0.2, 0) is 14.3 Å². The maximum absolute atomic E-state index is 12.5. The summed E-state index contributed by atoms with van der Waals surface area (Å²) in [5.41, 5.74) is 2.43. The molecule has 0 radical (unpaired) electrons. The second-order valence-corrected chi connectivity index (χ2v) is 8.35. The lowest BCUT2D eigenvalue weighted by atomic mass is 10.2. The molecule has 1 amide bonds. The fourth-order valence-electron chi connectivity index (χ4n) is 3.28. The molecule has 8 nitrogen and oxygen atoms in total. The Morgan fingerprint density at radius 1 is 1.00 bits per heavy atom. The van der Waals surface area contributed by atoms with Crippen molar-refractivity contribution in [2.75, 3.05) is 11.1 Å². The second kappa shape index (κ2) is 11.1. The van der Waals surface area contributed by atoms with Crippen LogP contribution in [0.15, 0.2) is 90.1 Å². The maximum Gasteiger partial charge on any atom is 0.317 e. The van der Waals surface area contributed by atoms with Crippen LogP contribution in [0, 0.1) is 11.3 Å². The van der Waals surface area contributed by atoms with Gasteiger partial charge in [-0.25, -0.2) is 0 Å². The number of carbonyl (C=O) groups excluding carboxylic acids is 2. The number of carbonyl (C=O) groups is 2. The summed E-state index contributed by atoms with van der Waals surface area (Å²) in [5.74, 6) is -0.511. The van der Waals surface area contributed by atoms with Gasteiger partial charge in [-0.1, -0.05) is 72.4 Å². The van der Waals surface area contributed by atoms with Crippen LogP contribution in [0.4, 0.5) is 5.69 Å². The number of amides is 1. The summed E-state index contributed by atoms with van der Waals surface area (Å²) in [5, 5.41) is 20.9. The number of thioether (sulfide) groups is 1. The molecule has 1 N–H and O–H groups in total. The van der Waals surface area contributed by atoms with E-state index in [4.69, 9.17) is 4.74 Å². The van der Waals surface area contributed by atoms with Crippen molar-refractivity contribution < 1.29 is 14.3 Å². The molecule has 1 atom stereocenters. The molecule has 0 aliphatic carbocycles. The zero-order valence-corrected chi connectivity index (χ0v) is 19.6. The molecule has 0 spiro atoms. The van der Waals surface area contributed by atoms with E-state index in [1.165, 1.54) is 18.7 Å². The van der Waals surface area contributed by atoms with Crippen LogP contribution in [0.25, 0.3) is 17.1 Å². The fraction of sp³-hybridized carbons (Fsp3) is 0.115. The molecule has 1 heterocycles. The summed E-state index contributed by atoms with van der Waals surface area (Å²) in [6.07, 6.45) is -1.04. The van der Waals surface area contributed by atoms with Crippen molar-refractivity contribution in [1.82, 2.24) is 14.8 Å². The second-order valence-electron chi connectivity index (χ2n) is 7.41. The number of nitriles is 1. The van der Waals surface area contributed by atoms with E-state index in [0.29, 0.717) is 22.2 Å². The predicted octanol–water partition coefficient (Wildman–Crippen LogP) is 4.47. The Labute approximate surface area is 206 Å². The lowest BCUT2D eigenvalue weighted by Gasteiger charge is -2.14. The average molecular weight is 484 g/mol. The predicted molar refractivity (Wildman–Crippen MR) is 133 cm³/mol. The number of ether oxygens (including phenoxy) is 1. The van der Waals surface area contributed by atoms with Gasteiger partial charge < -0.3 is 10.1 Å². The van der Waals surface area contributed by atoms with Gasteiger partial charge in [0.05, 0.1) is 17.0 Å². The minimum absolute atomic E-state index is 0.0633. The van der Waals surface area contributed by atoms with E-state index in [0.717, 1.165) is 11.3 Å². The van der Waals surface area contributed by atoms with Gasteiger partial charge in [0.15, 0.2) is 17.1 Å². The fourth-order valence-corrected chi connectivity index (χ4v) is 4.01. The van der Waals surface area contributed by atoms with Crippen LogP contribution >= 0.6 is 11.8 Å². The lowest BCUT2D eigenvalue weighted by Crippen LogP contribution is -2.30. The molecule has 35 heavy (non-hydrogen) atoms. The summed E-state index contributed by atoms with van der Waals surface area (Å²) in [4.78, 5) is 25.0. The number of esters is 1. The van der Waals surface area contributed by atoms with Gasteiger partial charge in [0.2, 0.25) is 0 Å². The highest BCUT2D eigenvalue weighted by atomic mass is 32.2. The monoisotopic (exact) mass is 483 g/mol. The van der Waals surface area contributed by atoms with Gasteiger partial charge in [-0.15, -0.1) is 10.2 Å². The molecule has 4 aromatic rings. The van der Waals surface area contributed by atoms with Crippen molar-refractivity contribution in [3.63, 3.8) is 0 Å². The summed E-state index contributed by atoms with van der Waals surface area (Å²) >= 11 is 1.17. The summed E-state index contributed by atoms with van der Waals surface area (Å²) in [7, 11) is 0. The summed E-state index contributed by atoms with van der Waals surface area (Å²) in [6, 6.07) is 27.9. The number of nitrogens with zero attached hydrogens (tertiary/aromatic N) is 4. The molecule has 0 saturated heterocycles. The zero-order valence-electron chi connectivity index (χ0n) is 18.8. The molecule has 1 aromatic heterocycles. The van der Waals surface area contributed by atoms with E-state index in [-0.39, 0.29) is 5.75 Å². The molecule has 0 bridgehead atoms. The Balaban J connectivity index is 1.44. The topological polar surface area (TPSA) is 110 Å². The van der Waals surface area contributed by atoms with Crippen molar-refractivity contribution in [1.29, 1.82) is 5.26 Å². The highest BCUT2D eigenvalue weighted by molar-refractivity contribution is 7.99. The van der Waals surface area contributed by atoms with Gasteiger partial charge in [-0.05, 0) is 31.2 Å². The SMILES string of the molecule is C[C@@H](OC(=O)CSc1nnc(-c2ccccc2)n1-c1ccccc1)C(=O)Nc1ccccc1C#N. The third-order valence-electron chi connectivity index (χ3n) is 4.98. The van der Waals surface area contributed by atoms with Crippen LogP contribution < -0.4 is 5.32 Å². The Hall–Kier alpha value is -4.42. The number of benzene rings is 3. The van der Waals surface area contributed by atoms with Gasteiger partial charge in [-0.3, -0.25) is 14.2 Å². The first-order valence-electron chi connectivity index (χ1n) is 10.8. The molecule has 174 valence electrons. The zero-order chi connectivity index (χ0) is 24.6. The number of anilines is 1. The van der Waals surface area contributed by atoms with Crippen LogP contribution in [0.5, 0.6) is 0 Å². The highest BCUT2D eigenvalue weighted by Gasteiger charge is 2.21. The van der Waals surface area contributed by atoms with Crippen molar-refractivity contribution in [2.45, 2.75) is 18.2 Å². The van der Waals surface area contributed by atoms with E-state index in [2.05, 4.69) is 15.5 Å². The van der Waals surface area contributed by atoms with Crippen molar-refractivity contribution >= 4 is 29.3 Å². The van der Waals surface area contributed by atoms with Crippen molar-refractivity contribution in [3.8, 4) is 23.1 Å². The van der Waals surface area contributed by atoms with Gasteiger partial charge in [-0.2, -0.15) is 5.26 Å². The Bertz CT molecular complexity index is 1370. The van der Waals surface area contributed by atoms with Crippen LogP contribution in [0.3, 0.4) is 0 Å². The van der Waals surface area contributed by atoms with E-state index < -0.39 is 18.0 Å². The van der Waals surface area contributed by atoms with E-state index in [9.17, 15) is 14.9 Å². The molecule has 3 aromatic carbocycles. The number of hydrogen-bond acceptors (Lipinski definition) is 7. The molecule has 0 saturated carbocycles. The third kappa shape index (κ3) is 5.75. The average Bonchev–Trinajstić information content (AvgIpc) is 3.33. The molecule has 0 aliphatic rings. The van der Waals surface area contributed by atoms with E-state index >= 15 is 0 Å². The van der Waals surface area contributed by atoms with Crippen molar-refractivity contribution in [2.24, 2.45) is 0 Å². The first-order valence-corrected chi connectivity index (χ1v) is 11.7. The molecular weight excluding hydrogens is 462 g/mol. The smallest absolute Gasteiger partial charge is 0.317 e. The van der Waals surface area contributed by atoms with Gasteiger partial charge >= 0.3 is 5.97 Å². The lowest BCUT2D eigenvalue weighted by molar-refractivity contribution is -0.150. The minimum atomic E-state index is -1.04. The first kappa shape index (κ1) is 23.7. The van der Waals surface area contributed by atoms with Crippen LogP contribution in [0.2, 0.25) is 0 Å². The minimum Gasteiger partial charge on any atom is -0.452 e. The number of rotatable bonds is 8. The maximum atomic E-state index is 12.5. The molecule has 0 unspecified atom stereocenters. The Morgan fingerprint density at radius 3 is 2.37 bits per heavy atom. The standard InChI is InChI=1S/C26H21N5O3S/c1-18(25(33)28-22-15-9-8-12-20(22)16-27)34-23(32)17-35-26-30-29-24(19-10-4-2-5-11-19)31(26)21-13-6-3-7-14-21/h2-15,18H,17H2,1H3,(H,28,33)/t18-/m1/s1. The Morgan fingerprint density at radius 2 is 1.66 bits per heavy atom. The van der Waals surface area contributed by atoms with Crippen LogP contribution in [-0.4, -0.2) is 38.5 Å². The van der Waals surface area contributed by atoms with Crippen LogP contribution in [0.1, 0.15) is 12.5 Å². The van der Waals surface area contributed by atoms with E-state index in [1.54, 1.807) is 24.3 Å². The van der Waals surface area contributed by atoms with Gasteiger partial charge in [0.25, 0.3) is 5.91 Å². The quantitative estimate of drug-likeness (QED) is 0.291. The number of hydrogen-bond donors (Lipinski definition) is 1. The highest BCUT2D eigenvalue weighted by Crippen LogP contribution is 2.28. The third-order valence-corrected chi connectivity index (χ3v) is 5.88. The molecule has 0 fully saturated rings. The molecule has 0 aliphatic heterocycles. The Kier molecular flexibility index (Phi) is 7.55. The largest absolute Gasteiger partial charge is 0.452 e. The summed E-state index contributed by atoms with van der Waals surface area (Å²) in [6.45, 7) is 1.48. The molecule has 9 heteroatoms.